The molecule has 51 heavy (non-hydrogen) atoms. The fourth-order valence-electron chi connectivity index (χ4n) is 6.09. The first-order chi connectivity index (χ1) is 24.3. The van der Waals surface area contributed by atoms with Crippen molar-refractivity contribution in [2.24, 2.45) is 0 Å². The molecule has 9 nitrogen and oxygen atoms in total. The average molecular weight is 740 g/mol. The van der Waals surface area contributed by atoms with Crippen LogP contribution >= 0.6 is 0 Å². The Morgan fingerprint density at radius 3 is 1.82 bits per heavy atom. The highest BCUT2D eigenvalue weighted by atomic mass is 28.4. The van der Waals surface area contributed by atoms with Gasteiger partial charge < -0.3 is 28.7 Å². The molecule has 0 unspecified atom stereocenters. The molecule has 0 aromatic rings. The van der Waals surface area contributed by atoms with Crippen molar-refractivity contribution < 1.29 is 37.8 Å². The number of nitrogens with one attached hydrogen (secondary N) is 1. The third-order valence-electron chi connectivity index (χ3n) is 10.3. The van der Waals surface area contributed by atoms with Gasteiger partial charge in [0.05, 0.1) is 19.3 Å². The first-order valence-electron chi connectivity index (χ1n) is 20.4. The first-order valence-corrected chi connectivity index (χ1v) is 23.3. The van der Waals surface area contributed by atoms with Crippen LogP contribution < -0.4 is 5.32 Å². The van der Waals surface area contributed by atoms with Crippen LogP contribution in [0.4, 0.5) is 0 Å². The number of Topliss-reactive ketones (excluding diaryl/α,β-unsaturated/α-hetero) is 1. The number of hydrogen-bond acceptors (Lipinski definition) is 8. The Labute approximate surface area is 313 Å². The molecular weight excluding hydrogens is 663 g/mol. The second-order valence-corrected chi connectivity index (χ2v) is 20.8. The SMILES string of the molecule is CC=CO[C@H]1O[C@H](CO[Si](C)(C)C(C)(C)C)[C@@H](OC(C)=O)[C@H](OCCCCCCCCCC)[C@H]1NC(=O)CC(=O)CCCCCCCCCCC. The number of ether oxygens (including phenoxy) is 4. The largest absolute Gasteiger partial charge is 0.471 e. The van der Waals surface area contributed by atoms with Crippen molar-refractivity contribution in [2.45, 2.75) is 219 Å². The molecule has 1 rings (SSSR count). The summed E-state index contributed by atoms with van der Waals surface area (Å²) >= 11 is 0. The van der Waals surface area contributed by atoms with Gasteiger partial charge >= 0.3 is 5.97 Å². The Bertz CT molecular complexity index is 981. The van der Waals surface area contributed by atoms with Crippen molar-refractivity contribution in [1.82, 2.24) is 5.32 Å². The number of carbonyl (C=O) groups is 3. The lowest BCUT2D eigenvalue weighted by Gasteiger charge is -2.46. The van der Waals surface area contributed by atoms with E-state index in [9.17, 15) is 14.4 Å². The van der Waals surface area contributed by atoms with E-state index >= 15 is 0 Å². The lowest BCUT2D eigenvalue weighted by atomic mass is 9.95. The summed E-state index contributed by atoms with van der Waals surface area (Å²) in [6.45, 7) is 19.1. The topological polar surface area (TPSA) is 109 Å². The minimum atomic E-state index is -2.19. The molecule has 0 spiro atoms. The fraction of sp³-hybridized carbons (Fsp3) is 0.878. The number of hydrogen-bond donors (Lipinski definition) is 1. The van der Waals surface area contributed by atoms with Crippen molar-refractivity contribution in [3.63, 3.8) is 0 Å². The third kappa shape index (κ3) is 20.3. The van der Waals surface area contributed by atoms with Gasteiger partial charge in [0.25, 0.3) is 0 Å². The van der Waals surface area contributed by atoms with Gasteiger partial charge in [0.2, 0.25) is 12.2 Å². The van der Waals surface area contributed by atoms with Crippen LogP contribution in [0.1, 0.15) is 170 Å². The Kier molecular flexibility index (Phi) is 25.0. The van der Waals surface area contributed by atoms with Crippen molar-refractivity contribution in [3.05, 3.63) is 12.3 Å². The first kappa shape index (κ1) is 47.3. The summed E-state index contributed by atoms with van der Waals surface area (Å²) in [4.78, 5) is 38.8. The van der Waals surface area contributed by atoms with Gasteiger partial charge in [-0.3, -0.25) is 14.4 Å². The predicted octanol–water partition coefficient (Wildman–Crippen LogP) is 10.1. The quantitative estimate of drug-likeness (QED) is 0.0266. The number of carbonyl (C=O) groups excluding carboxylic acids is 3. The molecular formula is C41H77NO8Si. The molecule has 1 N–H and O–H groups in total. The Morgan fingerprint density at radius 1 is 0.784 bits per heavy atom. The summed E-state index contributed by atoms with van der Waals surface area (Å²) < 4.78 is 31.5. The molecule has 0 radical (unpaired) electrons. The van der Waals surface area contributed by atoms with E-state index in [1.807, 2.05) is 6.92 Å². The molecule has 1 aliphatic rings. The molecule has 1 amide bonds. The van der Waals surface area contributed by atoms with E-state index in [4.69, 9.17) is 23.4 Å². The van der Waals surface area contributed by atoms with Gasteiger partial charge in [-0.05, 0) is 37.9 Å². The molecule has 1 saturated heterocycles. The minimum Gasteiger partial charge on any atom is -0.471 e. The van der Waals surface area contributed by atoms with Gasteiger partial charge in [0.1, 0.15) is 24.0 Å². The van der Waals surface area contributed by atoms with Gasteiger partial charge in [0.15, 0.2) is 14.4 Å². The molecule has 1 fully saturated rings. The van der Waals surface area contributed by atoms with Crippen molar-refractivity contribution >= 4 is 26.0 Å². The van der Waals surface area contributed by atoms with Gasteiger partial charge in [-0.25, -0.2) is 0 Å². The molecule has 0 aromatic carbocycles. The number of allylic oxidation sites excluding steroid dienone is 1. The zero-order valence-electron chi connectivity index (χ0n) is 34.2. The summed E-state index contributed by atoms with van der Waals surface area (Å²) in [7, 11) is -2.19. The molecule has 0 bridgehead atoms. The highest BCUT2D eigenvalue weighted by Crippen LogP contribution is 2.37. The second kappa shape index (κ2) is 26.9. The van der Waals surface area contributed by atoms with Crippen LogP contribution in [-0.2, 0) is 37.8 Å². The molecule has 10 heteroatoms. The van der Waals surface area contributed by atoms with Crippen molar-refractivity contribution in [3.8, 4) is 0 Å². The molecule has 1 aliphatic heterocycles. The fourth-order valence-corrected chi connectivity index (χ4v) is 7.11. The van der Waals surface area contributed by atoms with E-state index in [-0.39, 0.29) is 23.8 Å². The lowest BCUT2D eigenvalue weighted by Crippen LogP contribution is -2.66. The highest BCUT2D eigenvalue weighted by molar-refractivity contribution is 6.74. The standard InChI is InChI=1S/C41H77NO8Si/c1-10-13-15-17-19-21-22-24-26-28-34(44)31-36(45)42-37-39(46-30-27-25-23-20-18-16-14-11-2)38(49-33(4)43)35(50-40(37)47-29-12-3)32-48-51(8,9)41(5,6)7/h12,29,35,37-40H,10-11,13-28,30-32H2,1-9H3,(H,42,45)/t35-,37-,38-,39-,40+/m1/s1. The molecule has 298 valence electrons. The summed E-state index contributed by atoms with van der Waals surface area (Å²) in [6.07, 6.45) is 19.8. The molecule has 0 saturated carbocycles. The van der Waals surface area contributed by atoms with Crippen LogP contribution in [0.3, 0.4) is 0 Å². The second-order valence-electron chi connectivity index (χ2n) is 16.0. The molecule has 0 aromatic heterocycles. The molecule has 1 heterocycles. The van der Waals surface area contributed by atoms with Crippen LogP contribution in [0.5, 0.6) is 0 Å². The maximum absolute atomic E-state index is 13.4. The highest BCUT2D eigenvalue weighted by Gasteiger charge is 2.51. The maximum Gasteiger partial charge on any atom is 0.303 e. The van der Waals surface area contributed by atoms with Crippen molar-refractivity contribution in [1.29, 1.82) is 0 Å². The van der Waals surface area contributed by atoms with Crippen LogP contribution in [0.2, 0.25) is 18.1 Å². The van der Waals surface area contributed by atoms with E-state index in [1.54, 1.807) is 6.08 Å². The summed E-state index contributed by atoms with van der Waals surface area (Å²) in [5.74, 6) is -0.987. The van der Waals surface area contributed by atoms with Crippen LogP contribution in [0.25, 0.3) is 0 Å². The zero-order chi connectivity index (χ0) is 38.1. The van der Waals surface area contributed by atoms with E-state index in [1.165, 1.54) is 83.8 Å². The van der Waals surface area contributed by atoms with Crippen LogP contribution in [0.15, 0.2) is 12.3 Å². The summed E-state index contributed by atoms with van der Waals surface area (Å²) in [5, 5.41) is 2.96. The summed E-state index contributed by atoms with van der Waals surface area (Å²) in [6, 6.07) is -0.822. The van der Waals surface area contributed by atoms with Gasteiger partial charge in [-0.1, -0.05) is 137 Å². The lowest BCUT2D eigenvalue weighted by molar-refractivity contribution is -0.267. The van der Waals surface area contributed by atoms with Gasteiger partial charge in [-0.15, -0.1) is 0 Å². The Hall–Kier alpha value is -1.75. The van der Waals surface area contributed by atoms with Gasteiger partial charge in [0, 0.05) is 20.0 Å². The maximum atomic E-state index is 13.4. The predicted molar refractivity (Wildman–Crippen MR) is 209 cm³/mol. The minimum absolute atomic E-state index is 0.0385. The van der Waals surface area contributed by atoms with E-state index in [0.717, 1.165) is 38.5 Å². The smallest absolute Gasteiger partial charge is 0.303 e. The zero-order valence-corrected chi connectivity index (χ0v) is 35.2. The molecule has 5 atom stereocenters. The Morgan fingerprint density at radius 2 is 1.31 bits per heavy atom. The Balaban J connectivity index is 3.06. The van der Waals surface area contributed by atoms with E-state index < -0.39 is 50.8 Å². The number of amides is 1. The number of rotatable bonds is 29. The number of esters is 1. The van der Waals surface area contributed by atoms with Crippen LogP contribution in [0, 0.1) is 0 Å². The normalized spacial score (nSPS) is 21.2. The number of ketones is 1. The number of unbranched alkanes of at least 4 members (excludes halogenated alkanes) is 15. The van der Waals surface area contributed by atoms with Crippen molar-refractivity contribution in [2.75, 3.05) is 13.2 Å². The van der Waals surface area contributed by atoms with E-state index in [2.05, 4.69) is 53.0 Å². The monoisotopic (exact) mass is 740 g/mol. The average Bonchev–Trinajstić information content (AvgIpc) is 3.06. The van der Waals surface area contributed by atoms with Gasteiger partial charge in [-0.2, -0.15) is 0 Å². The third-order valence-corrected chi connectivity index (χ3v) is 14.8. The molecule has 0 aliphatic carbocycles. The van der Waals surface area contributed by atoms with Crippen LogP contribution in [-0.4, -0.2) is 69.8 Å². The summed E-state index contributed by atoms with van der Waals surface area (Å²) in [5.41, 5.74) is 0. The van der Waals surface area contributed by atoms with E-state index in [0.29, 0.717) is 13.0 Å².